The zero-order valence-electron chi connectivity index (χ0n) is 7.46. The highest BCUT2D eigenvalue weighted by molar-refractivity contribution is 7.99. The van der Waals surface area contributed by atoms with Crippen molar-refractivity contribution in [3.8, 4) is 5.75 Å². The monoisotopic (exact) mass is 196 g/mol. The molecule has 1 heterocycles. The summed E-state index contributed by atoms with van der Waals surface area (Å²) < 4.78 is 5.49. The molecular weight excluding hydrogens is 184 g/mol. The van der Waals surface area contributed by atoms with E-state index in [4.69, 9.17) is 16.2 Å². The number of benzene rings is 1. The van der Waals surface area contributed by atoms with Crippen LogP contribution in [0.3, 0.4) is 0 Å². The van der Waals surface area contributed by atoms with Crippen molar-refractivity contribution >= 4 is 23.1 Å². The molecule has 0 spiro atoms. The molecule has 0 aliphatic carbocycles. The van der Waals surface area contributed by atoms with Crippen molar-refractivity contribution in [1.29, 1.82) is 0 Å². The second-order valence-electron chi connectivity index (χ2n) is 3.05. The lowest BCUT2D eigenvalue weighted by atomic mass is 10.1. The van der Waals surface area contributed by atoms with E-state index in [9.17, 15) is 0 Å². The van der Waals surface area contributed by atoms with Gasteiger partial charge in [0.1, 0.15) is 0 Å². The number of ether oxygens (including phenoxy) is 1. The van der Waals surface area contributed by atoms with Crippen molar-refractivity contribution in [1.82, 2.24) is 0 Å². The molecule has 0 unspecified atom stereocenters. The van der Waals surface area contributed by atoms with Crippen molar-refractivity contribution in [3.05, 3.63) is 11.6 Å². The first-order chi connectivity index (χ1) is 6.20. The van der Waals surface area contributed by atoms with Gasteiger partial charge in [-0.15, -0.1) is 11.8 Å². The Bertz CT molecular complexity index is 352. The van der Waals surface area contributed by atoms with Gasteiger partial charge >= 0.3 is 0 Å². The van der Waals surface area contributed by atoms with Crippen LogP contribution in [0.4, 0.5) is 11.4 Å². The maximum Gasteiger partial charge on any atom is 0.158 e. The SMILES string of the molecule is Cc1cc(N)c2c(c1N)OCCS2. The molecule has 1 aromatic rings. The lowest BCUT2D eigenvalue weighted by molar-refractivity contribution is 0.332. The van der Waals surface area contributed by atoms with Gasteiger partial charge in [0.15, 0.2) is 5.75 Å². The van der Waals surface area contributed by atoms with Crippen LogP contribution >= 0.6 is 11.8 Å². The Balaban J connectivity index is 2.63. The lowest BCUT2D eigenvalue weighted by Crippen LogP contribution is -2.11. The van der Waals surface area contributed by atoms with Crippen LogP contribution in [0.15, 0.2) is 11.0 Å². The third-order valence-corrected chi connectivity index (χ3v) is 3.17. The fourth-order valence-corrected chi connectivity index (χ4v) is 2.29. The van der Waals surface area contributed by atoms with Gasteiger partial charge in [-0.3, -0.25) is 0 Å². The summed E-state index contributed by atoms with van der Waals surface area (Å²) in [7, 11) is 0. The third-order valence-electron chi connectivity index (χ3n) is 2.09. The van der Waals surface area contributed by atoms with Gasteiger partial charge in [0.2, 0.25) is 0 Å². The minimum atomic E-state index is 0.713. The zero-order valence-corrected chi connectivity index (χ0v) is 8.28. The summed E-state index contributed by atoms with van der Waals surface area (Å²) in [4.78, 5) is 0.995. The first-order valence-corrected chi connectivity index (χ1v) is 5.13. The zero-order chi connectivity index (χ0) is 9.42. The molecule has 13 heavy (non-hydrogen) atoms. The maximum atomic E-state index is 5.88. The molecule has 0 radical (unpaired) electrons. The molecule has 70 valence electrons. The summed E-state index contributed by atoms with van der Waals surface area (Å²) in [6.45, 7) is 2.65. The van der Waals surface area contributed by atoms with Crippen LogP contribution in [-0.4, -0.2) is 12.4 Å². The van der Waals surface area contributed by atoms with Crippen LogP contribution in [0.1, 0.15) is 5.56 Å². The molecule has 0 amide bonds. The van der Waals surface area contributed by atoms with Crippen LogP contribution in [0.5, 0.6) is 5.75 Å². The maximum absolute atomic E-state index is 5.88. The predicted octanol–water partition coefficient (Wildman–Crippen LogP) is 1.64. The molecule has 3 nitrogen and oxygen atoms in total. The minimum Gasteiger partial charge on any atom is -0.489 e. The smallest absolute Gasteiger partial charge is 0.158 e. The molecule has 1 aromatic carbocycles. The van der Waals surface area contributed by atoms with E-state index in [0.717, 1.165) is 33.3 Å². The second-order valence-corrected chi connectivity index (χ2v) is 4.16. The van der Waals surface area contributed by atoms with Crippen molar-refractivity contribution in [2.45, 2.75) is 11.8 Å². The average molecular weight is 196 g/mol. The van der Waals surface area contributed by atoms with Gasteiger partial charge < -0.3 is 16.2 Å². The summed E-state index contributed by atoms with van der Waals surface area (Å²) in [5.74, 6) is 1.72. The van der Waals surface area contributed by atoms with Crippen LogP contribution in [-0.2, 0) is 0 Å². The quantitative estimate of drug-likeness (QED) is 0.619. The summed E-state index contributed by atoms with van der Waals surface area (Å²) in [5.41, 5.74) is 14.2. The fraction of sp³-hybridized carbons (Fsp3) is 0.333. The summed E-state index contributed by atoms with van der Waals surface area (Å²) in [6, 6.07) is 1.90. The molecule has 4 N–H and O–H groups in total. The molecule has 4 heteroatoms. The van der Waals surface area contributed by atoms with Crippen LogP contribution in [0.25, 0.3) is 0 Å². The number of nitrogens with two attached hydrogens (primary N) is 2. The largest absolute Gasteiger partial charge is 0.489 e. The molecule has 2 rings (SSSR count). The molecule has 0 aromatic heterocycles. The van der Waals surface area contributed by atoms with E-state index < -0.39 is 0 Å². The van der Waals surface area contributed by atoms with Crippen molar-refractivity contribution in [3.63, 3.8) is 0 Å². The Morgan fingerprint density at radius 3 is 3.00 bits per heavy atom. The molecule has 1 aliphatic rings. The molecule has 1 aliphatic heterocycles. The number of thioether (sulfide) groups is 1. The summed E-state index contributed by atoms with van der Waals surface area (Å²) in [5, 5.41) is 0. The molecule has 0 atom stereocenters. The molecule has 0 bridgehead atoms. The first-order valence-electron chi connectivity index (χ1n) is 4.14. The standard InChI is InChI=1S/C9H12N2OS/c1-5-4-6(10)9-8(7(5)11)12-2-3-13-9/h4H,2-3,10-11H2,1H3. The lowest BCUT2D eigenvalue weighted by Gasteiger charge is -2.21. The number of fused-ring (bicyclic) bond motifs is 1. The Morgan fingerprint density at radius 1 is 1.46 bits per heavy atom. The minimum absolute atomic E-state index is 0.713. The highest BCUT2D eigenvalue weighted by Crippen LogP contribution is 2.43. The third kappa shape index (κ3) is 1.31. The van der Waals surface area contributed by atoms with E-state index >= 15 is 0 Å². The van der Waals surface area contributed by atoms with Gasteiger partial charge in [0.05, 0.1) is 17.2 Å². The number of hydrogen-bond donors (Lipinski definition) is 2. The van der Waals surface area contributed by atoms with E-state index in [2.05, 4.69) is 0 Å². The summed E-state index contributed by atoms with van der Waals surface area (Å²) in [6.07, 6.45) is 0. The van der Waals surface area contributed by atoms with Crippen molar-refractivity contribution in [2.75, 3.05) is 23.8 Å². The number of nitrogen functional groups attached to an aromatic ring is 2. The van der Waals surface area contributed by atoms with Gasteiger partial charge in [0, 0.05) is 11.4 Å². The fourth-order valence-electron chi connectivity index (χ4n) is 1.39. The Morgan fingerprint density at radius 2 is 2.23 bits per heavy atom. The number of aryl methyl sites for hydroxylation is 1. The Kier molecular flexibility index (Phi) is 2.00. The normalized spacial score (nSPS) is 14.8. The van der Waals surface area contributed by atoms with Crippen molar-refractivity contribution < 1.29 is 4.74 Å². The second kappa shape index (κ2) is 3.03. The molecule has 0 saturated heterocycles. The predicted molar refractivity (Wildman–Crippen MR) is 56.2 cm³/mol. The first kappa shape index (κ1) is 8.56. The van der Waals surface area contributed by atoms with Gasteiger partial charge in [-0.25, -0.2) is 0 Å². The number of hydrogen-bond acceptors (Lipinski definition) is 4. The van der Waals surface area contributed by atoms with E-state index in [1.54, 1.807) is 11.8 Å². The molecule has 0 fully saturated rings. The van der Waals surface area contributed by atoms with Crippen LogP contribution in [0.2, 0.25) is 0 Å². The van der Waals surface area contributed by atoms with E-state index in [1.165, 1.54) is 0 Å². The highest BCUT2D eigenvalue weighted by atomic mass is 32.2. The van der Waals surface area contributed by atoms with Gasteiger partial charge in [-0.1, -0.05) is 0 Å². The van der Waals surface area contributed by atoms with Crippen LogP contribution in [0, 0.1) is 6.92 Å². The summed E-state index contributed by atoms with van der Waals surface area (Å²) >= 11 is 1.71. The Hall–Kier alpha value is -1.03. The van der Waals surface area contributed by atoms with E-state index in [1.807, 2.05) is 13.0 Å². The van der Waals surface area contributed by atoms with Gasteiger partial charge in [-0.2, -0.15) is 0 Å². The van der Waals surface area contributed by atoms with E-state index in [0.29, 0.717) is 6.61 Å². The Labute approximate surface area is 81.4 Å². The highest BCUT2D eigenvalue weighted by Gasteiger charge is 2.18. The van der Waals surface area contributed by atoms with Crippen molar-refractivity contribution in [2.24, 2.45) is 0 Å². The number of anilines is 2. The number of rotatable bonds is 0. The van der Waals surface area contributed by atoms with Crippen LogP contribution < -0.4 is 16.2 Å². The van der Waals surface area contributed by atoms with Gasteiger partial charge in [-0.05, 0) is 18.6 Å². The topological polar surface area (TPSA) is 61.3 Å². The van der Waals surface area contributed by atoms with E-state index in [-0.39, 0.29) is 0 Å². The average Bonchev–Trinajstić information content (AvgIpc) is 2.15. The molecule has 0 saturated carbocycles. The molecular formula is C9H12N2OS. The van der Waals surface area contributed by atoms with Gasteiger partial charge in [0.25, 0.3) is 0 Å².